The summed E-state index contributed by atoms with van der Waals surface area (Å²) >= 11 is 0. The molecule has 0 radical (unpaired) electrons. The van der Waals surface area contributed by atoms with E-state index < -0.39 is 0 Å². The summed E-state index contributed by atoms with van der Waals surface area (Å²) in [5.41, 5.74) is 5.29. The molecule has 0 N–H and O–H groups in total. The highest BCUT2D eigenvalue weighted by molar-refractivity contribution is 6.26. The number of hydrogen-bond donors (Lipinski definition) is 0. The summed E-state index contributed by atoms with van der Waals surface area (Å²) in [6.07, 6.45) is 14.1. The van der Waals surface area contributed by atoms with Crippen molar-refractivity contribution in [2.24, 2.45) is 22.7 Å². The van der Waals surface area contributed by atoms with Crippen molar-refractivity contribution in [3.05, 3.63) is 22.3 Å². The van der Waals surface area contributed by atoms with E-state index in [0.717, 1.165) is 53.0 Å². The molecule has 176 valence electrons. The van der Waals surface area contributed by atoms with Crippen LogP contribution in [0.2, 0.25) is 0 Å². The van der Waals surface area contributed by atoms with Crippen LogP contribution in [-0.2, 0) is 4.79 Å². The fourth-order valence-corrected chi connectivity index (χ4v) is 5.34. The maximum atomic E-state index is 12.4. The third-order valence-electron chi connectivity index (χ3n) is 7.92. The Bertz CT molecular complexity index is 723. The summed E-state index contributed by atoms with van der Waals surface area (Å²) in [5, 5.41) is 0. The van der Waals surface area contributed by atoms with E-state index >= 15 is 0 Å². The standard InChI is InChI=1S/C29H49NO/c1-20(2)12-9-13-21(3)14-10-15-22(4)16-11-18-29(8)19-17-26-25(7)28(31)24(6)23(5)27(26)30-29/h20-22H,9-19H2,1-8H3. The highest BCUT2D eigenvalue weighted by Crippen LogP contribution is 2.38. The molecule has 2 heteroatoms. The van der Waals surface area contributed by atoms with Gasteiger partial charge in [0.25, 0.3) is 0 Å². The monoisotopic (exact) mass is 427 g/mol. The Kier molecular flexibility index (Phi) is 9.77. The minimum absolute atomic E-state index is 0.0334. The normalized spacial score (nSPS) is 23.9. The van der Waals surface area contributed by atoms with E-state index in [-0.39, 0.29) is 11.3 Å². The number of aliphatic imine (C=N–C) groups is 1. The minimum Gasteiger partial charge on any atom is -0.289 e. The van der Waals surface area contributed by atoms with Gasteiger partial charge in [-0.05, 0) is 75.9 Å². The van der Waals surface area contributed by atoms with Crippen molar-refractivity contribution in [1.82, 2.24) is 0 Å². The molecule has 2 aliphatic rings. The second-order valence-electron chi connectivity index (χ2n) is 11.5. The van der Waals surface area contributed by atoms with Gasteiger partial charge in [0.05, 0.1) is 11.3 Å². The molecular weight excluding hydrogens is 378 g/mol. The molecule has 3 atom stereocenters. The van der Waals surface area contributed by atoms with Crippen LogP contribution in [0.15, 0.2) is 27.3 Å². The molecule has 1 aliphatic heterocycles. The average Bonchev–Trinajstić information content (AvgIpc) is 2.70. The largest absolute Gasteiger partial charge is 0.289 e. The van der Waals surface area contributed by atoms with Crippen molar-refractivity contribution in [2.75, 3.05) is 0 Å². The van der Waals surface area contributed by atoms with Gasteiger partial charge in [-0.3, -0.25) is 9.79 Å². The smallest absolute Gasteiger partial charge is 0.185 e. The fourth-order valence-electron chi connectivity index (χ4n) is 5.34. The Morgan fingerprint density at radius 1 is 0.806 bits per heavy atom. The maximum Gasteiger partial charge on any atom is 0.185 e. The molecule has 0 saturated heterocycles. The van der Waals surface area contributed by atoms with E-state index in [9.17, 15) is 4.79 Å². The van der Waals surface area contributed by atoms with Crippen molar-refractivity contribution in [2.45, 2.75) is 132 Å². The van der Waals surface area contributed by atoms with Crippen molar-refractivity contribution in [3.63, 3.8) is 0 Å². The van der Waals surface area contributed by atoms with Gasteiger partial charge in [-0.25, -0.2) is 0 Å². The number of nitrogens with zero attached hydrogens (tertiary/aromatic N) is 1. The first kappa shape index (κ1) is 26.1. The second kappa shape index (κ2) is 11.6. The molecule has 0 aromatic rings. The van der Waals surface area contributed by atoms with E-state index in [1.807, 2.05) is 13.8 Å². The van der Waals surface area contributed by atoms with Crippen LogP contribution in [-0.4, -0.2) is 17.0 Å². The molecule has 2 nitrogen and oxygen atoms in total. The first-order valence-electron chi connectivity index (χ1n) is 13.1. The highest BCUT2D eigenvalue weighted by atomic mass is 16.1. The number of rotatable bonds is 12. The zero-order valence-corrected chi connectivity index (χ0v) is 21.9. The Morgan fingerprint density at radius 3 is 1.94 bits per heavy atom. The van der Waals surface area contributed by atoms with Gasteiger partial charge in [0, 0.05) is 11.1 Å². The molecule has 1 aliphatic carbocycles. The van der Waals surface area contributed by atoms with Gasteiger partial charge < -0.3 is 0 Å². The highest BCUT2D eigenvalue weighted by Gasteiger charge is 2.34. The lowest BCUT2D eigenvalue weighted by molar-refractivity contribution is -0.112. The van der Waals surface area contributed by atoms with E-state index in [1.165, 1.54) is 63.4 Å². The number of fused-ring (bicyclic) bond motifs is 1. The average molecular weight is 428 g/mol. The van der Waals surface area contributed by atoms with Gasteiger partial charge in [-0.2, -0.15) is 0 Å². The lowest BCUT2D eigenvalue weighted by Crippen LogP contribution is -2.33. The molecule has 0 aromatic heterocycles. The molecule has 1 heterocycles. The predicted molar refractivity (Wildman–Crippen MR) is 136 cm³/mol. The van der Waals surface area contributed by atoms with Crippen LogP contribution in [0, 0.1) is 17.8 Å². The summed E-state index contributed by atoms with van der Waals surface area (Å²) in [7, 11) is 0. The summed E-state index contributed by atoms with van der Waals surface area (Å²) in [5.74, 6) is 2.77. The number of Topliss-reactive ketones (excluding diaryl/α,β-unsaturated/α-hetero) is 1. The van der Waals surface area contributed by atoms with Gasteiger partial charge in [-0.15, -0.1) is 0 Å². The van der Waals surface area contributed by atoms with Crippen LogP contribution in [0.1, 0.15) is 126 Å². The number of carbonyl (C=O) groups excluding carboxylic acids is 1. The van der Waals surface area contributed by atoms with Crippen LogP contribution >= 0.6 is 0 Å². The van der Waals surface area contributed by atoms with Crippen molar-refractivity contribution in [1.29, 1.82) is 0 Å². The van der Waals surface area contributed by atoms with E-state index in [2.05, 4.69) is 41.5 Å². The summed E-state index contributed by atoms with van der Waals surface area (Å²) in [6, 6.07) is 0. The molecule has 0 bridgehead atoms. The zero-order chi connectivity index (χ0) is 23.2. The zero-order valence-electron chi connectivity index (χ0n) is 21.9. The Morgan fingerprint density at radius 2 is 1.35 bits per heavy atom. The van der Waals surface area contributed by atoms with Crippen LogP contribution < -0.4 is 0 Å². The van der Waals surface area contributed by atoms with Crippen LogP contribution in [0.4, 0.5) is 0 Å². The Balaban J connectivity index is 1.76. The minimum atomic E-state index is 0.0334. The third-order valence-corrected chi connectivity index (χ3v) is 7.92. The summed E-state index contributed by atoms with van der Waals surface area (Å²) in [6.45, 7) is 17.9. The lowest BCUT2D eigenvalue weighted by Gasteiger charge is -2.35. The SMILES string of the molecule is CC1=C(C)C2=NC(C)(CCCC(C)CCCC(C)CCCC(C)C)CCC2=C(C)C1=O. The second-order valence-corrected chi connectivity index (χ2v) is 11.5. The summed E-state index contributed by atoms with van der Waals surface area (Å²) < 4.78 is 0. The lowest BCUT2D eigenvalue weighted by atomic mass is 9.76. The molecule has 0 amide bonds. The first-order valence-corrected chi connectivity index (χ1v) is 13.1. The van der Waals surface area contributed by atoms with Gasteiger partial charge in [-0.1, -0.05) is 79.1 Å². The summed E-state index contributed by atoms with van der Waals surface area (Å²) in [4.78, 5) is 17.7. The Hall–Kier alpha value is -1.18. The third kappa shape index (κ3) is 7.43. The number of hydrogen-bond acceptors (Lipinski definition) is 2. The maximum absolute atomic E-state index is 12.4. The van der Waals surface area contributed by atoms with E-state index in [1.54, 1.807) is 0 Å². The van der Waals surface area contributed by atoms with Gasteiger partial charge in [0.1, 0.15) is 0 Å². The number of carbonyl (C=O) groups is 1. The van der Waals surface area contributed by atoms with Crippen LogP contribution in [0.3, 0.4) is 0 Å². The van der Waals surface area contributed by atoms with E-state index in [4.69, 9.17) is 4.99 Å². The van der Waals surface area contributed by atoms with Crippen molar-refractivity contribution >= 4 is 11.5 Å². The van der Waals surface area contributed by atoms with Gasteiger partial charge >= 0.3 is 0 Å². The van der Waals surface area contributed by atoms with E-state index in [0.29, 0.717) is 0 Å². The molecule has 0 fully saturated rings. The molecular formula is C29H49NO. The molecule has 0 spiro atoms. The topological polar surface area (TPSA) is 29.4 Å². The number of ketones is 1. The molecule has 31 heavy (non-hydrogen) atoms. The Labute approximate surface area is 193 Å². The van der Waals surface area contributed by atoms with Crippen LogP contribution in [0.5, 0.6) is 0 Å². The molecule has 2 rings (SSSR count). The quantitative estimate of drug-likeness (QED) is 0.286. The van der Waals surface area contributed by atoms with Crippen molar-refractivity contribution < 1.29 is 4.79 Å². The van der Waals surface area contributed by atoms with Gasteiger partial charge in [0.2, 0.25) is 0 Å². The number of allylic oxidation sites excluding steroid dienone is 4. The molecule has 3 unspecified atom stereocenters. The molecule has 0 aromatic carbocycles. The van der Waals surface area contributed by atoms with Crippen LogP contribution in [0.25, 0.3) is 0 Å². The first-order chi connectivity index (χ1) is 14.5. The van der Waals surface area contributed by atoms with Crippen molar-refractivity contribution in [3.8, 4) is 0 Å². The van der Waals surface area contributed by atoms with Gasteiger partial charge in [0.15, 0.2) is 5.78 Å². The fraction of sp³-hybridized carbons (Fsp3) is 0.793. The predicted octanol–water partition coefficient (Wildman–Crippen LogP) is 8.65. The molecule has 0 saturated carbocycles.